The first-order valence-electron chi connectivity index (χ1n) is 12.8. The molecule has 2 aromatic heterocycles. The molecule has 4 heterocycles. The second kappa shape index (κ2) is 9.38. The van der Waals surface area contributed by atoms with Crippen molar-refractivity contribution in [2.75, 3.05) is 20.3 Å². The monoisotopic (exact) mass is 522 g/mol. The average molecular weight is 523 g/mol. The highest BCUT2D eigenvalue weighted by Crippen LogP contribution is 2.41. The largest absolute Gasteiger partial charge is 0.491 e. The zero-order valence-corrected chi connectivity index (χ0v) is 23.1. The van der Waals surface area contributed by atoms with Crippen molar-refractivity contribution in [1.82, 2.24) is 9.55 Å². The van der Waals surface area contributed by atoms with Gasteiger partial charge in [-0.05, 0) is 42.7 Å². The number of carbonyl (C=O) groups excluding carboxylic acids is 1. The summed E-state index contributed by atoms with van der Waals surface area (Å²) in [4.78, 5) is 31.1. The normalized spacial score (nSPS) is 18.4. The van der Waals surface area contributed by atoms with Crippen molar-refractivity contribution in [3.8, 4) is 17.1 Å². The number of aromatic nitrogens is 2. The van der Waals surface area contributed by atoms with Gasteiger partial charge in [-0.25, -0.2) is 9.78 Å². The van der Waals surface area contributed by atoms with Gasteiger partial charge in [0.15, 0.2) is 5.60 Å². The smallest absolute Gasteiger partial charge is 0.343 e. The summed E-state index contributed by atoms with van der Waals surface area (Å²) in [5, 5.41) is 12.2. The molecule has 3 aromatic rings. The Morgan fingerprint density at radius 2 is 1.95 bits per heavy atom. The summed E-state index contributed by atoms with van der Waals surface area (Å²) in [5.41, 5.74) is 2.99. The fourth-order valence-corrected chi connectivity index (χ4v) is 6.26. The summed E-state index contributed by atoms with van der Waals surface area (Å²) >= 11 is 0. The highest BCUT2D eigenvalue weighted by atomic mass is 28.3. The zero-order chi connectivity index (χ0) is 26.5. The van der Waals surface area contributed by atoms with Gasteiger partial charge in [-0.2, -0.15) is 0 Å². The Balaban J connectivity index is 1.70. The van der Waals surface area contributed by atoms with E-state index in [-0.39, 0.29) is 18.6 Å². The van der Waals surface area contributed by atoms with Crippen LogP contribution in [0.4, 0.5) is 0 Å². The molecule has 37 heavy (non-hydrogen) atoms. The van der Waals surface area contributed by atoms with Crippen molar-refractivity contribution >= 4 is 24.9 Å². The van der Waals surface area contributed by atoms with Gasteiger partial charge in [0.25, 0.3) is 5.56 Å². The van der Waals surface area contributed by atoms with Gasteiger partial charge in [-0.1, -0.05) is 32.6 Å². The van der Waals surface area contributed by atoms with Crippen LogP contribution in [0.15, 0.2) is 29.1 Å². The number of hydrogen-bond donors (Lipinski definition) is 1. The van der Waals surface area contributed by atoms with Gasteiger partial charge in [-0.3, -0.25) is 4.79 Å². The number of cyclic esters (lactones) is 1. The van der Waals surface area contributed by atoms with E-state index >= 15 is 0 Å². The highest BCUT2D eigenvalue weighted by molar-refractivity contribution is 6.76. The van der Waals surface area contributed by atoms with Crippen molar-refractivity contribution in [3.63, 3.8) is 0 Å². The Hall–Kier alpha value is -3.01. The molecule has 9 heteroatoms. The van der Waals surface area contributed by atoms with Crippen LogP contribution < -0.4 is 10.3 Å². The van der Waals surface area contributed by atoms with Crippen LogP contribution in [0.5, 0.6) is 5.75 Å². The van der Waals surface area contributed by atoms with Crippen LogP contribution in [0.25, 0.3) is 22.3 Å². The van der Waals surface area contributed by atoms with Crippen LogP contribution in [0, 0.1) is 0 Å². The van der Waals surface area contributed by atoms with Crippen molar-refractivity contribution < 1.29 is 24.1 Å². The molecule has 0 spiro atoms. The average Bonchev–Trinajstić information content (AvgIpc) is 3.22. The van der Waals surface area contributed by atoms with Crippen molar-refractivity contribution in [2.45, 2.75) is 64.2 Å². The van der Waals surface area contributed by atoms with E-state index in [2.05, 4.69) is 19.6 Å². The van der Waals surface area contributed by atoms with Crippen LogP contribution in [0.3, 0.4) is 0 Å². The molecule has 2 aliphatic rings. The van der Waals surface area contributed by atoms with Crippen LogP contribution in [-0.4, -0.2) is 49.0 Å². The lowest BCUT2D eigenvalue weighted by atomic mass is 9.86. The number of ether oxygens (including phenoxy) is 3. The molecule has 0 amide bonds. The number of aliphatic hydroxyl groups is 1. The summed E-state index contributed by atoms with van der Waals surface area (Å²) in [6, 6.07) is 8.76. The minimum absolute atomic E-state index is 0.118. The first kappa shape index (κ1) is 25.6. The molecular formula is C28H34N2O6Si. The lowest BCUT2D eigenvalue weighted by molar-refractivity contribution is -0.172. The summed E-state index contributed by atoms with van der Waals surface area (Å²) in [6.45, 7) is 9.99. The molecule has 1 aromatic carbocycles. The van der Waals surface area contributed by atoms with Gasteiger partial charge in [0.05, 0.1) is 35.6 Å². The molecule has 196 valence electrons. The number of nitrogens with zero attached hydrogens (tertiary/aromatic N) is 2. The maximum Gasteiger partial charge on any atom is 0.343 e. The summed E-state index contributed by atoms with van der Waals surface area (Å²) in [7, 11) is 0.278. The second-order valence-corrected chi connectivity index (χ2v) is 16.7. The second-order valence-electron chi connectivity index (χ2n) is 11.1. The molecule has 2 aliphatic heterocycles. The van der Waals surface area contributed by atoms with Gasteiger partial charge in [0, 0.05) is 31.7 Å². The number of benzene rings is 1. The van der Waals surface area contributed by atoms with E-state index in [0.29, 0.717) is 36.6 Å². The fraction of sp³-hybridized carbons (Fsp3) is 0.464. The molecule has 1 atom stereocenters. The number of hydrogen-bond acceptors (Lipinski definition) is 7. The number of fused-ring (bicyclic) bond motifs is 5. The van der Waals surface area contributed by atoms with Crippen molar-refractivity contribution in [1.29, 1.82) is 0 Å². The summed E-state index contributed by atoms with van der Waals surface area (Å²) in [5.74, 6) is 0.0423. The molecule has 1 N–H and O–H groups in total. The molecule has 0 unspecified atom stereocenters. The lowest BCUT2D eigenvalue weighted by Crippen LogP contribution is -2.44. The number of pyridine rings is 2. The third kappa shape index (κ3) is 4.39. The van der Waals surface area contributed by atoms with Gasteiger partial charge in [-0.15, -0.1) is 0 Å². The highest BCUT2D eigenvalue weighted by Gasteiger charge is 2.45. The lowest BCUT2D eigenvalue weighted by Gasteiger charge is -2.31. The quantitative estimate of drug-likeness (QED) is 0.212. The minimum atomic E-state index is -1.84. The Labute approximate surface area is 217 Å². The Morgan fingerprint density at radius 1 is 1.16 bits per heavy atom. The number of carbonyl (C=O) groups is 1. The van der Waals surface area contributed by atoms with Crippen LogP contribution in [-0.2, 0) is 39.4 Å². The minimum Gasteiger partial charge on any atom is -0.491 e. The van der Waals surface area contributed by atoms with Crippen LogP contribution >= 0.6 is 0 Å². The topological polar surface area (TPSA) is 99.9 Å². The van der Waals surface area contributed by atoms with E-state index in [1.165, 1.54) is 5.56 Å². The molecule has 0 saturated carbocycles. The Bertz CT molecular complexity index is 1460. The maximum absolute atomic E-state index is 13.6. The number of esters is 1. The van der Waals surface area contributed by atoms with E-state index in [9.17, 15) is 14.7 Å². The number of methoxy groups -OCH3 is 1. The molecule has 0 radical (unpaired) electrons. The van der Waals surface area contributed by atoms with E-state index in [0.717, 1.165) is 40.4 Å². The van der Waals surface area contributed by atoms with E-state index in [4.69, 9.17) is 19.2 Å². The molecule has 0 fully saturated rings. The SMILES string of the molecule is CC[C@@]1(O)C(=O)OCc2c1cc1n(c2=O)Cc2c-1nc1ccc(OCCOC)cc1c2CC[Si](C)(C)C. The molecule has 5 rings (SSSR count). The van der Waals surface area contributed by atoms with Crippen LogP contribution in [0.2, 0.25) is 25.7 Å². The molecular weight excluding hydrogens is 488 g/mol. The molecule has 0 bridgehead atoms. The predicted molar refractivity (Wildman–Crippen MR) is 144 cm³/mol. The van der Waals surface area contributed by atoms with Gasteiger partial charge in [0.2, 0.25) is 0 Å². The zero-order valence-electron chi connectivity index (χ0n) is 22.1. The third-order valence-electron chi connectivity index (χ3n) is 7.46. The molecule has 0 saturated heterocycles. The van der Waals surface area contributed by atoms with E-state index in [1.807, 2.05) is 18.2 Å². The molecule has 0 aliphatic carbocycles. The molecule has 8 nitrogen and oxygen atoms in total. The van der Waals surface area contributed by atoms with Crippen molar-refractivity contribution in [3.05, 3.63) is 56.9 Å². The van der Waals surface area contributed by atoms with Crippen molar-refractivity contribution in [2.24, 2.45) is 0 Å². The first-order chi connectivity index (χ1) is 17.6. The van der Waals surface area contributed by atoms with E-state index in [1.54, 1.807) is 24.7 Å². The first-order valence-corrected chi connectivity index (χ1v) is 16.5. The number of aryl methyl sites for hydroxylation is 1. The third-order valence-corrected chi connectivity index (χ3v) is 9.21. The Kier molecular flexibility index (Phi) is 6.50. The summed E-state index contributed by atoms with van der Waals surface area (Å²) in [6.07, 6.45) is 0.995. The van der Waals surface area contributed by atoms with E-state index < -0.39 is 19.6 Å². The van der Waals surface area contributed by atoms with Gasteiger partial charge < -0.3 is 23.9 Å². The fourth-order valence-electron chi connectivity index (χ4n) is 5.26. The predicted octanol–water partition coefficient (Wildman–Crippen LogP) is 3.99. The Morgan fingerprint density at radius 3 is 2.65 bits per heavy atom. The van der Waals surface area contributed by atoms with Crippen LogP contribution in [0.1, 0.15) is 35.6 Å². The standard InChI is InChI=1S/C28H34N2O6Si/c1-6-28(33)22-14-24-25-20(15-30(24)26(31)21(22)16-36-27(28)32)18(9-12-37(3,4)5)19-13-17(35-11-10-34-2)7-8-23(19)29-25/h7-8,13-14,33H,6,9-12,15-16H2,1-5H3/t28-/m0/s1. The van der Waals surface area contributed by atoms with Gasteiger partial charge in [0.1, 0.15) is 19.0 Å². The maximum atomic E-state index is 13.6. The number of rotatable bonds is 8. The summed E-state index contributed by atoms with van der Waals surface area (Å²) < 4.78 is 17.9. The van der Waals surface area contributed by atoms with Gasteiger partial charge >= 0.3 is 5.97 Å².